The minimum Gasteiger partial charge on any atom is -0.296 e. The first kappa shape index (κ1) is 16.0. The Bertz CT molecular complexity index is 179. The highest BCUT2D eigenvalue weighted by Gasteiger charge is 2.35. The highest BCUT2D eigenvalue weighted by Crippen LogP contribution is 2.32. The largest absolute Gasteiger partial charge is 0.296 e. The minimum atomic E-state index is 0.284. The van der Waals surface area contributed by atoms with Crippen LogP contribution in [-0.4, -0.2) is 23.0 Å². The maximum absolute atomic E-state index is 2.57. The van der Waals surface area contributed by atoms with E-state index in [1.54, 1.807) is 0 Å². The first-order chi connectivity index (χ1) is 6.99. The van der Waals surface area contributed by atoms with Gasteiger partial charge >= 0.3 is 0 Å². The van der Waals surface area contributed by atoms with Crippen molar-refractivity contribution < 1.29 is 0 Å². The molecular weight excluding hydrogens is 194 g/mol. The Morgan fingerprint density at radius 3 is 1.19 bits per heavy atom. The summed E-state index contributed by atoms with van der Waals surface area (Å²) in [5.74, 6) is 1.51. The van der Waals surface area contributed by atoms with Crippen LogP contribution in [0.15, 0.2) is 0 Å². The second-order valence-electron chi connectivity index (χ2n) is 7.38. The Morgan fingerprint density at radius 2 is 1.00 bits per heavy atom. The van der Waals surface area contributed by atoms with Gasteiger partial charge in [0, 0.05) is 11.1 Å². The summed E-state index contributed by atoms with van der Waals surface area (Å²) in [4.78, 5) is 2.57. The summed E-state index contributed by atoms with van der Waals surface area (Å²) in [6.45, 7) is 18.7. The van der Waals surface area contributed by atoms with Crippen LogP contribution >= 0.6 is 0 Å². The molecule has 98 valence electrons. The van der Waals surface area contributed by atoms with Crippen molar-refractivity contribution in [1.29, 1.82) is 0 Å². The maximum atomic E-state index is 2.57. The number of rotatable bonds is 6. The standard InChI is InChI=1S/C15H33N/c1-12(2)10-14(5,6)16(9)15(7,8)11-13(3)4/h12-13H,10-11H2,1-9H3. The fourth-order valence-corrected chi connectivity index (χ4v) is 3.09. The second kappa shape index (κ2) is 5.53. The van der Waals surface area contributed by atoms with Crippen LogP contribution in [0.25, 0.3) is 0 Å². The number of hydrogen-bond donors (Lipinski definition) is 0. The van der Waals surface area contributed by atoms with Gasteiger partial charge < -0.3 is 0 Å². The molecule has 0 fully saturated rings. The monoisotopic (exact) mass is 227 g/mol. The summed E-state index contributed by atoms with van der Waals surface area (Å²) in [5, 5.41) is 0. The molecule has 0 N–H and O–H groups in total. The minimum absolute atomic E-state index is 0.284. The predicted octanol–water partition coefficient (Wildman–Crippen LogP) is 4.57. The average Bonchev–Trinajstić information content (AvgIpc) is 1.97. The molecule has 0 unspecified atom stereocenters. The highest BCUT2D eigenvalue weighted by molar-refractivity contribution is 4.91. The average molecular weight is 227 g/mol. The van der Waals surface area contributed by atoms with Gasteiger partial charge in [-0.05, 0) is 59.4 Å². The molecule has 0 amide bonds. The fraction of sp³-hybridized carbons (Fsp3) is 1.00. The van der Waals surface area contributed by atoms with Crippen LogP contribution in [0.2, 0.25) is 0 Å². The predicted molar refractivity (Wildman–Crippen MR) is 74.8 cm³/mol. The molecule has 1 heteroatoms. The topological polar surface area (TPSA) is 3.24 Å². The van der Waals surface area contributed by atoms with Gasteiger partial charge in [-0.15, -0.1) is 0 Å². The normalized spacial score (nSPS) is 14.2. The van der Waals surface area contributed by atoms with E-state index >= 15 is 0 Å². The van der Waals surface area contributed by atoms with Gasteiger partial charge in [-0.1, -0.05) is 27.7 Å². The van der Waals surface area contributed by atoms with Crippen molar-refractivity contribution >= 4 is 0 Å². The smallest absolute Gasteiger partial charge is 0.0157 e. The molecule has 0 aliphatic carbocycles. The molecule has 0 radical (unpaired) electrons. The SMILES string of the molecule is CC(C)CC(C)(C)N(C)C(C)(C)CC(C)C. The van der Waals surface area contributed by atoms with Crippen LogP contribution < -0.4 is 0 Å². The third-order valence-corrected chi connectivity index (χ3v) is 3.63. The van der Waals surface area contributed by atoms with Gasteiger partial charge in [-0.2, -0.15) is 0 Å². The van der Waals surface area contributed by atoms with Crippen LogP contribution in [0.1, 0.15) is 68.2 Å². The maximum Gasteiger partial charge on any atom is 0.0157 e. The summed E-state index contributed by atoms with van der Waals surface area (Å²) in [6.07, 6.45) is 2.51. The van der Waals surface area contributed by atoms with Crippen molar-refractivity contribution in [3.8, 4) is 0 Å². The van der Waals surface area contributed by atoms with E-state index in [1.165, 1.54) is 12.8 Å². The zero-order chi connectivity index (χ0) is 13.1. The third-order valence-electron chi connectivity index (χ3n) is 3.63. The van der Waals surface area contributed by atoms with Crippen molar-refractivity contribution in [3.63, 3.8) is 0 Å². The van der Waals surface area contributed by atoms with Gasteiger partial charge in [0.1, 0.15) is 0 Å². The molecule has 0 aromatic carbocycles. The molecule has 0 rings (SSSR count). The molecule has 0 atom stereocenters. The fourth-order valence-electron chi connectivity index (χ4n) is 3.09. The summed E-state index contributed by atoms with van der Waals surface area (Å²) >= 11 is 0. The molecule has 0 aliphatic heterocycles. The molecule has 0 aromatic heterocycles. The number of hydrogen-bond acceptors (Lipinski definition) is 1. The van der Waals surface area contributed by atoms with E-state index < -0.39 is 0 Å². The van der Waals surface area contributed by atoms with Crippen molar-refractivity contribution in [1.82, 2.24) is 4.90 Å². The number of nitrogens with zero attached hydrogens (tertiary/aromatic N) is 1. The molecule has 0 heterocycles. The van der Waals surface area contributed by atoms with Crippen LogP contribution in [0.5, 0.6) is 0 Å². The van der Waals surface area contributed by atoms with E-state index in [4.69, 9.17) is 0 Å². The second-order valence-corrected chi connectivity index (χ2v) is 7.38. The molecule has 0 aliphatic rings. The lowest BCUT2D eigenvalue weighted by Crippen LogP contribution is -2.54. The Morgan fingerprint density at radius 1 is 0.750 bits per heavy atom. The van der Waals surface area contributed by atoms with Gasteiger partial charge in [0.2, 0.25) is 0 Å². The van der Waals surface area contributed by atoms with E-state index in [-0.39, 0.29) is 11.1 Å². The van der Waals surface area contributed by atoms with Crippen LogP contribution in [0.3, 0.4) is 0 Å². The summed E-state index contributed by atoms with van der Waals surface area (Å²) in [5.41, 5.74) is 0.569. The molecule has 0 bridgehead atoms. The lowest BCUT2D eigenvalue weighted by molar-refractivity contribution is 0.0188. The van der Waals surface area contributed by atoms with Gasteiger partial charge in [0.25, 0.3) is 0 Å². The van der Waals surface area contributed by atoms with Crippen LogP contribution in [0, 0.1) is 11.8 Å². The van der Waals surface area contributed by atoms with E-state index in [1.807, 2.05) is 0 Å². The van der Waals surface area contributed by atoms with Crippen molar-refractivity contribution in [2.45, 2.75) is 79.3 Å². The van der Waals surface area contributed by atoms with Gasteiger partial charge in [0.15, 0.2) is 0 Å². The zero-order valence-electron chi connectivity index (χ0n) is 13.0. The molecular formula is C15H33N. The molecule has 16 heavy (non-hydrogen) atoms. The quantitative estimate of drug-likeness (QED) is 0.642. The van der Waals surface area contributed by atoms with E-state index in [2.05, 4.69) is 67.3 Å². The van der Waals surface area contributed by atoms with E-state index in [0.717, 1.165) is 11.8 Å². The Hall–Kier alpha value is -0.0400. The zero-order valence-corrected chi connectivity index (χ0v) is 13.0. The van der Waals surface area contributed by atoms with Crippen LogP contribution in [0.4, 0.5) is 0 Å². The Balaban J connectivity index is 4.68. The summed E-state index contributed by atoms with van der Waals surface area (Å²) in [6, 6.07) is 0. The third kappa shape index (κ3) is 4.86. The van der Waals surface area contributed by atoms with E-state index in [9.17, 15) is 0 Å². The lowest BCUT2D eigenvalue weighted by atomic mass is 9.83. The Labute approximate surface area is 104 Å². The lowest BCUT2D eigenvalue weighted by Gasteiger charge is -2.48. The molecule has 0 saturated carbocycles. The van der Waals surface area contributed by atoms with E-state index in [0.29, 0.717) is 0 Å². The van der Waals surface area contributed by atoms with Crippen molar-refractivity contribution in [2.75, 3.05) is 7.05 Å². The molecule has 0 saturated heterocycles. The first-order valence-corrected chi connectivity index (χ1v) is 6.73. The van der Waals surface area contributed by atoms with Crippen LogP contribution in [-0.2, 0) is 0 Å². The van der Waals surface area contributed by atoms with Gasteiger partial charge in [-0.25, -0.2) is 0 Å². The summed E-state index contributed by atoms with van der Waals surface area (Å²) in [7, 11) is 2.28. The van der Waals surface area contributed by atoms with Gasteiger partial charge in [0.05, 0.1) is 0 Å². The Kier molecular flexibility index (Phi) is 5.52. The van der Waals surface area contributed by atoms with Gasteiger partial charge in [-0.3, -0.25) is 4.90 Å². The highest BCUT2D eigenvalue weighted by atomic mass is 15.2. The molecule has 1 nitrogen and oxygen atoms in total. The molecule has 0 aromatic rings. The summed E-state index contributed by atoms with van der Waals surface area (Å²) < 4.78 is 0. The molecule has 0 spiro atoms. The van der Waals surface area contributed by atoms with Crippen molar-refractivity contribution in [2.24, 2.45) is 11.8 Å². The van der Waals surface area contributed by atoms with Crippen molar-refractivity contribution in [3.05, 3.63) is 0 Å². The first-order valence-electron chi connectivity index (χ1n) is 6.73.